The minimum Gasteiger partial charge on any atom is -0.353 e. The summed E-state index contributed by atoms with van der Waals surface area (Å²) in [5.41, 5.74) is 1.08. The summed E-state index contributed by atoms with van der Waals surface area (Å²) in [4.78, 5) is 7.38. The molecule has 0 aliphatic carbocycles. The normalized spacial score (nSPS) is 12.6. The maximum absolute atomic E-state index is 4.57. The van der Waals surface area contributed by atoms with E-state index in [1.807, 2.05) is 18.3 Å². The van der Waals surface area contributed by atoms with Gasteiger partial charge in [0.2, 0.25) is 5.95 Å². The molecule has 0 amide bonds. The minimum absolute atomic E-state index is 0.399. The predicted molar refractivity (Wildman–Crippen MR) is 83.1 cm³/mol. The van der Waals surface area contributed by atoms with Gasteiger partial charge in [-0.25, -0.2) is 4.98 Å². The first-order chi connectivity index (χ1) is 9.08. The lowest BCUT2D eigenvalue weighted by atomic mass is 10.2. The Morgan fingerprint density at radius 3 is 2.79 bits per heavy atom. The summed E-state index contributed by atoms with van der Waals surface area (Å²) < 4.78 is 2.21. The maximum atomic E-state index is 4.57. The molecule has 3 nitrogen and oxygen atoms in total. The zero-order valence-corrected chi connectivity index (χ0v) is 13.0. The molecule has 0 saturated carbocycles. The number of nitrogens with one attached hydrogen (secondary N) is 1. The average Bonchev–Trinajstić information content (AvgIpc) is 2.87. The van der Waals surface area contributed by atoms with Crippen LogP contribution in [0.15, 0.2) is 18.3 Å². The maximum Gasteiger partial charge on any atom is 0.203 e. The number of aryl methyl sites for hydroxylation is 3. The van der Waals surface area contributed by atoms with Crippen LogP contribution in [0.1, 0.15) is 35.7 Å². The molecule has 2 rings (SSSR count). The molecule has 2 aromatic heterocycles. The van der Waals surface area contributed by atoms with Crippen molar-refractivity contribution in [2.45, 2.75) is 53.1 Å². The number of anilines is 1. The molecule has 0 aromatic carbocycles. The topological polar surface area (TPSA) is 29.9 Å². The van der Waals surface area contributed by atoms with Gasteiger partial charge in [0, 0.05) is 35.0 Å². The van der Waals surface area contributed by atoms with Crippen molar-refractivity contribution in [1.82, 2.24) is 9.55 Å². The lowest BCUT2D eigenvalue weighted by molar-refractivity contribution is 0.669. The van der Waals surface area contributed by atoms with Crippen LogP contribution >= 0.6 is 11.3 Å². The summed E-state index contributed by atoms with van der Waals surface area (Å²) >= 11 is 1.88. The first-order valence-corrected chi connectivity index (χ1v) is 7.75. The van der Waals surface area contributed by atoms with Crippen molar-refractivity contribution in [2.75, 3.05) is 5.32 Å². The Bertz CT molecular complexity index is 527. The monoisotopic (exact) mass is 277 g/mol. The van der Waals surface area contributed by atoms with Crippen molar-refractivity contribution in [2.24, 2.45) is 0 Å². The molecule has 1 atom stereocenters. The highest BCUT2D eigenvalue weighted by Crippen LogP contribution is 2.18. The highest BCUT2D eigenvalue weighted by atomic mass is 32.1. The fourth-order valence-corrected chi connectivity index (χ4v) is 3.26. The van der Waals surface area contributed by atoms with Crippen molar-refractivity contribution in [3.8, 4) is 0 Å². The van der Waals surface area contributed by atoms with E-state index >= 15 is 0 Å². The van der Waals surface area contributed by atoms with Crippen LogP contribution in [0.25, 0.3) is 0 Å². The predicted octanol–water partition coefficient (Wildman–Crippen LogP) is 4.01. The van der Waals surface area contributed by atoms with Gasteiger partial charge in [-0.15, -0.1) is 11.3 Å². The van der Waals surface area contributed by atoms with Crippen LogP contribution in [0.4, 0.5) is 5.95 Å². The number of aromatic nitrogens is 2. The van der Waals surface area contributed by atoms with E-state index < -0.39 is 0 Å². The van der Waals surface area contributed by atoms with Crippen LogP contribution < -0.4 is 5.32 Å². The number of hydrogen-bond donors (Lipinski definition) is 1. The van der Waals surface area contributed by atoms with Crippen LogP contribution in [0.2, 0.25) is 0 Å². The first kappa shape index (κ1) is 14.1. The average molecular weight is 277 g/mol. The van der Waals surface area contributed by atoms with Crippen molar-refractivity contribution >= 4 is 17.3 Å². The Labute approximate surface area is 119 Å². The van der Waals surface area contributed by atoms with Gasteiger partial charge >= 0.3 is 0 Å². The molecular formula is C15H23N3S. The summed E-state index contributed by atoms with van der Waals surface area (Å²) in [7, 11) is 0. The second kappa shape index (κ2) is 6.24. The van der Waals surface area contributed by atoms with Gasteiger partial charge in [-0.1, -0.05) is 6.92 Å². The molecule has 1 unspecified atom stereocenters. The number of rotatable bonds is 6. The van der Waals surface area contributed by atoms with Crippen LogP contribution in [0.5, 0.6) is 0 Å². The smallest absolute Gasteiger partial charge is 0.203 e. The Kier molecular flexibility index (Phi) is 4.64. The summed E-state index contributed by atoms with van der Waals surface area (Å²) in [6.45, 7) is 9.63. The number of hydrogen-bond acceptors (Lipinski definition) is 3. The lowest BCUT2D eigenvalue weighted by Gasteiger charge is -2.15. The third-order valence-corrected chi connectivity index (χ3v) is 4.06. The molecule has 19 heavy (non-hydrogen) atoms. The zero-order chi connectivity index (χ0) is 13.8. The quantitative estimate of drug-likeness (QED) is 0.864. The fourth-order valence-electron chi connectivity index (χ4n) is 2.24. The van der Waals surface area contributed by atoms with Crippen molar-refractivity contribution in [1.29, 1.82) is 0 Å². The minimum atomic E-state index is 0.399. The molecule has 2 aromatic rings. The number of imidazole rings is 1. The fraction of sp³-hybridized carbons (Fsp3) is 0.533. The highest BCUT2D eigenvalue weighted by molar-refractivity contribution is 7.11. The van der Waals surface area contributed by atoms with E-state index in [1.54, 1.807) is 0 Å². The second-order valence-electron chi connectivity index (χ2n) is 5.16. The Morgan fingerprint density at radius 1 is 1.37 bits per heavy atom. The Morgan fingerprint density at radius 2 is 2.16 bits per heavy atom. The highest BCUT2D eigenvalue weighted by Gasteiger charge is 2.10. The van der Waals surface area contributed by atoms with Crippen LogP contribution in [-0.4, -0.2) is 15.6 Å². The van der Waals surface area contributed by atoms with Gasteiger partial charge in [-0.05, 0) is 39.3 Å². The third-order valence-electron chi connectivity index (χ3n) is 3.04. The van der Waals surface area contributed by atoms with Gasteiger partial charge in [0.05, 0.1) is 5.69 Å². The van der Waals surface area contributed by atoms with Crippen molar-refractivity contribution in [3.63, 3.8) is 0 Å². The van der Waals surface area contributed by atoms with Gasteiger partial charge in [-0.3, -0.25) is 0 Å². The van der Waals surface area contributed by atoms with E-state index in [2.05, 4.69) is 54.0 Å². The molecule has 104 valence electrons. The molecular weight excluding hydrogens is 254 g/mol. The van der Waals surface area contributed by atoms with E-state index in [9.17, 15) is 0 Å². The van der Waals surface area contributed by atoms with Crippen molar-refractivity contribution in [3.05, 3.63) is 33.8 Å². The molecule has 1 N–H and O–H groups in total. The van der Waals surface area contributed by atoms with Gasteiger partial charge < -0.3 is 9.88 Å². The molecule has 0 spiro atoms. The van der Waals surface area contributed by atoms with E-state index in [1.165, 1.54) is 9.75 Å². The zero-order valence-electron chi connectivity index (χ0n) is 12.2. The van der Waals surface area contributed by atoms with E-state index in [0.29, 0.717) is 6.04 Å². The molecule has 4 heteroatoms. The summed E-state index contributed by atoms with van der Waals surface area (Å²) in [6.07, 6.45) is 4.30. The van der Waals surface area contributed by atoms with Crippen LogP contribution in [-0.2, 0) is 13.0 Å². The summed E-state index contributed by atoms with van der Waals surface area (Å²) in [5.74, 6) is 1.00. The van der Waals surface area contributed by atoms with E-state index in [4.69, 9.17) is 0 Å². The van der Waals surface area contributed by atoms with Gasteiger partial charge in [0.25, 0.3) is 0 Å². The van der Waals surface area contributed by atoms with Crippen molar-refractivity contribution < 1.29 is 0 Å². The Hall–Kier alpha value is -1.29. The van der Waals surface area contributed by atoms with Crippen LogP contribution in [0.3, 0.4) is 0 Å². The summed E-state index contributed by atoms with van der Waals surface area (Å²) in [6, 6.07) is 4.81. The third kappa shape index (κ3) is 3.83. The molecule has 2 heterocycles. The van der Waals surface area contributed by atoms with Gasteiger partial charge in [-0.2, -0.15) is 0 Å². The largest absolute Gasteiger partial charge is 0.353 e. The Balaban J connectivity index is 2.00. The molecule has 0 aliphatic heterocycles. The standard InChI is InChI=1S/C15H23N3S/c1-5-8-18-10-12(3)17-15(18)16-11(2)9-14-7-6-13(4)19-14/h6-7,10-11H,5,8-9H2,1-4H3,(H,16,17). The van der Waals surface area contributed by atoms with Crippen LogP contribution in [0, 0.1) is 13.8 Å². The molecule has 0 aliphatic rings. The van der Waals surface area contributed by atoms with E-state index in [0.717, 1.165) is 31.0 Å². The molecule has 0 fully saturated rings. The molecule has 0 bridgehead atoms. The SMILES string of the molecule is CCCn1cc(C)nc1NC(C)Cc1ccc(C)s1. The lowest BCUT2D eigenvalue weighted by Crippen LogP contribution is -2.20. The van der Waals surface area contributed by atoms with E-state index in [-0.39, 0.29) is 0 Å². The summed E-state index contributed by atoms with van der Waals surface area (Å²) in [5, 5.41) is 3.53. The van der Waals surface area contributed by atoms with Gasteiger partial charge in [0.1, 0.15) is 0 Å². The molecule has 0 radical (unpaired) electrons. The second-order valence-corrected chi connectivity index (χ2v) is 6.53. The number of nitrogens with zero attached hydrogens (tertiary/aromatic N) is 2. The number of thiophene rings is 1. The first-order valence-electron chi connectivity index (χ1n) is 6.94. The molecule has 0 saturated heterocycles. The van der Waals surface area contributed by atoms with Gasteiger partial charge in [0.15, 0.2) is 0 Å².